The third kappa shape index (κ3) is 3.37. The molecule has 1 aromatic rings. The first-order valence-corrected chi connectivity index (χ1v) is 7.31. The van der Waals surface area contributed by atoms with Gasteiger partial charge in [-0.15, -0.1) is 0 Å². The zero-order chi connectivity index (χ0) is 11.4. The number of nitrogens with one attached hydrogen (secondary N) is 1. The fourth-order valence-electron chi connectivity index (χ4n) is 2.11. The quantitative estimate of drug-likeness (QED) is 0.838. The molecular weight excluding hydrogens is 240 g/mol. The zero-order valence-corrected chi connectivity index (χ0v) is 11.0. The summed E-state index contributed by atoms with van der Waals surface area (Å²) in [7, 11) is 0. The van der Waals surface area contributed by atoms with Gasteiger partial charge in [-0.1, -0.05) is 17.7 Å². The van der Waals surface area contributed by atoms with Gasteiger partial charge in [-0.05, 0) is 37.1 Å². The van der Waals surface area contributed by atoms with Crippen molar-refractivity contribution in [2.45, 2.75) is 37.1 Å². The van der Waals surface area contributed by atoms with Gasteiger partial charge in [0.15, 0.2) is 0 Å². The first-order valence-electron chi connectivity index (χ1n) is 5.64. The van der Waals surface area contributed by atoms with Crippen LogP contribution in [0, 0.1) is 0 Å². The topological polar surface area (TPSA) is 24.9 Å². The second-order valence-corrected chi connectivity index (χ2v) is 5.76. The molecule has 4 heteroatoms. The van der Waals surface area contributed by atoms with E-state index in [9.17, 15) is 0 Å². The summed E-state index contributed by atoms with van der Waals surface area (Å²) >= 11 is 7.73. The molecule has 2 unspecified atom stereocenters. The second kappa shape index (κ2) is 5.89. The van der Waals surface area contributed by atoms with E-state index in [2.05, 4.69) is 16.6 Å². The number of nitrogens with zero attached hydrogens (tertiary/aromatic N) is 1. The van der Waals surface area contributed by atoms with Crippen molar-refractivity contribution in [2.75, 3.05) is 6.26 Å². The van der Waals surface area contributed by atoms with Gasteiger partial charge in [0.2, 0.25) is 0 Å². The van der Waals surface area contributed by atoms with E-state index in [-0.39, 0.29) is 0 Å². The Balaban J connectivity index is 1.77. The molecule has 16 heavy (non-hydrogen) atoms. The second-order valence-electron chi connectivity index (χ2n) is 4.24. The maximum atomic E-state index is 5.74. The lowest BCUT2D eigenvalue weighted by molar-refractivity contribution is 0.524. The minimum absolute atomic E-state index is 0.562. The minimum Gasteiger partial charge on any atom is -0.310 e. The van der Waals surface area contributed by atoms with Crippen LogP contribution in [0.25, 0.3) is 0 Å². The SMILES string of the molecule is CSC1CCC(NCc2ccc(Cl)nc2)C1. The van der Waals surface area contributed by atoms with Crippen LogP contribution in [0.1, 0.15) is 24.8 Å². The maximum Gasteiger partial charge on any atom is 0.129 e. The number of hydrogen-bond acceptors (Lipinski definition) is 3. The van der Waals surface area contributed by atoms with E-state index in [1.807, 2.05) is 30.1 Å². The van der Waals surface area contributed by atoms with Crippen LogP contribution >= 0.6 is 23.4 Å². The Morgan fingerprint density at radius 1 is 1.50 bits per heavy atom. The molecule has 2 rings (SSSR count). The molecule has 2 atom stereocenters. The number of pyridine rings is 1. The van der Waals surface area contributed by atoms with Crippen LogP contribution in [-0.4, -0.2) is 22.5 Å². The maximum absolute atomic E-state index is 5.74. The molecule has 0 saturated heterocycles. The van der Waals surface area contributed by atoms with E-state index in [0.717, 1.165) is 11.8 Å². The molecule has 0 bridgehead atoms. The fourth-order valence-corrected chi connectivity index (χ4v) is 3.02. The Morgan fingerprint density at radius 3 is 3.00 bits per heavy atom. The van der Waals surface area contributed by atoms with Crippen molar-refractivity contribution in [3.63, 3.8) is 0 Å². The van der Waals surface area contributed by atoms with Crippen LogP contribution in [0.2, 0.25) is 5.15 Å². The van der Waals surface area contributed by atoms with Crippen molar-refractivity contribution in [3.05, 3.63) is 29.0 Å². The van der Waals surface area contributed by atoms with E-state index in [4.69, 9.17) is 11.6 Å². The van der Waals surface area contributed by atoms with Gasteiger partial charge in [0, 0.05) is 24.0 Å². The highest BCUT2D eigenvalue weighted by atomic mass is 35.5. The average molecular weight is 257 g/mol. The molecule has 1 N–H and O–H groups in total. The lowest BCUT2D eigenvalue weighted by Gasteiger charge is -2.12. The largest absolute Gasteiger partial charge is 0.310 e. The number of hydrogen-bond donors (Lipinski definition) is 1. The molecule has 0 spiro atoms. The highest BCUT2D eigenvalue weighted by molar-refractivity contribution is 7.99. The van der Waals surface area contributed by atoms with Crippen molar-refractivity contribution in [3.8, 4) is 0 Å². The zero-order valence-electron chi connectivity index (χ0n) is 9.45. The molecular formula is C12H17ClN2S. The Hall–Kier alpha value is -0.250. The molecule has 0 amide bonds. The molecule has 1 heterocycles. The third-order valence-corrected chi connectivity index (χ3v) is 4.42. The summed E-state index contributed by atoms with van der Waals surface area (Å²) in [4.78, 5) is 4.08. The summed E-state index contributed by atoms with van der Waals surface area (Å²) < 4.78 is 0. The van der Waals surface area contributed by atoms with Gasteiger partial charge in [-0.25, -0.2) is 4.98 Å². The minimum atomic E-state index is 0.562. The molecule has 0 aliphatic heterocycles. The number of aromatic nitrogens is 1. The van der Waals surface area contributed by atoms with Crippen molar-refractivity contribution < 1.29 is 0 Å². The summed E-state index contributed by atoms with van der Waals surface area (Å²) in [6.45, 7) is 0.899. The van der Waals surface area contributed by atoms with Crippen molar-refractivity contribution in [1.82, 2.24) is 10.3 Å². The molecule has 88 valence electrons. The van der Waals surface area contributed by atoms with Crippen LogP contribution in [0.15, 0.2) is 18.3 Å². The first-order chi connectivity index (χ1) is 7.78. The molecule has 0 radical (unpaired) electrons. The lowest BCUT2D eigenvalue weighted by atomic mass is 10.2. The van der Waals surface area contributed by atoms with Crippen LogP contribution in [0.5, 0.6) is 0 Å². The van der Waals surface area contributed by atoms with Crippen LogP contribution in [0.3, 0.4) is 0 Å². The Bertz CT molecular complexity index is 328. The summed E-state index contributed by atoms with van der Waals surface area (Å²) in [5.41, 5.74) is 1.21. The van der Waals surface area contributed by atoms with E-state index in [0.29, 0.717) is 11.2 Å². The predicted octanol–water partition coefficient (Wildman–Crippen LogP) is 3.11. The Kier molecular flexibility index (Phi) is 4.50. The highest BCUT2D eigenvalue weighted by Crippen LogP contribution is 2.28. The van der Waals surface area contributed by atoms with Crippen molar-refractivity contribution in [2.24, 2.45) is 0 Å². The summed E-state index contributed by atoms with van der Waals surface area (Å²) in [6, 6.07) is 4.55. The van der Waals surface area contributed by atoms with Crippen LogP contribution in [-0.2, 0) is 6.54 Å². The fraction of sp³-hybridized carbons (Fsp3) is 0.583. The number of thioether (sulfide) groups is 1. The van der Waals surface area contributed by atoms with Crippen molar-refractivity contribution >= 4 is 23.4 Å². The van der Waals surface area contributed by atoms with Gasteiger partial charge in [0.1, 0.15) is 5.15 Å². The van der Waals surface area contributed by atoms with Crippen LogP contribution in [0.4, 0.5) is 0 Å². The van der Waals surface area contributed by atoms with Gasteiger partial charge in [0.05, 0.1) is 0 Å². The molecule has 1 saturated carbocycles. The van der Waals surface area contributed by atoms with Crippen molar-refractivity contribution in [1.29, 1.82) is 0 Å². The molecule has 1 aromatic heterocycles. The predicted molar refractivity (Wildman–Crippen MR) is 71.0 cm³/mol. The summed E-state index contributed by atoms with van der Waals surface area (Å²) in [5.74, 6) is 0. The van der Waals surface area contributed by atoms with Crippen LogP contribution < -0.4 is 5.32 Å². The number of halogens is 1. The first kappa shape index (κ1) is 12.2. The van der Waals surface area contributed by atoms with Gasteiger partial charge in [-0.3, -0.25) is 0 Å². The standard InChI is InChI=1S/C12H17ClN2S/c1-16-11-4-3-10(6-11)14-7-9-2-5-12(13)15-8-9/h2,5,8,10-11,14H,3-4,6-7H2,1H3. The third-order valence-electron chi connectivity index (χ3n) is 3.10. The number of rotatable bonds is 4. The van der Waals surface area contributed by atoms with Gasteiger partial charge >= 0.3 is 0 Å². The summed E-state index contributed by atoms with van der Waals surface area (Å²) in [6.07, 6.45) is 7.99. The summed E-state index contributed by atoms with van der Waals surface area (Å²) in [5, 5.41) is 5.00. The average Bonchev–Trinajstić information content (AvgIpc) is 2.76. The molecule has 1 aliphatic rings. The normalized spacial score (nSPS) is 24.9. The van der Waals surface area contributed by atoms with Gasteiger partial charge < -0.3 is 5.32 Å². The lowest BCUT2D eigenvalue weighted by Crippen LogP contribution is -2.26. The van der Waals surface area contributed by atoms with E-state index in [1.165, 1.54) is 24.8 Å². The molecule has 2 nitrogen and oxygen atoms in total. The molecule has 1 fully saturated rings. The monoisotopic (exact) mass is 256 g/mol. The van der Waals surface area contributed by atoms with E-state index in [1.54, 1.807) is 0 Å². The van der Waals surface area contributed by atoms with Gasteiger partial charge in [0.25, 0.3) is 0 Å². The highest BCUT2D eigenvalue weighted by Gasteiger charge is 2.23. The Labute approximate surface area is 106 Å². The molecule has 1 aliphatic carbocycles. The van der Waals surface area contributed by atoms with E-state index >= 15 is 0 Å². The smallest absolute Gasteiger partial charge is 0.129 e. The molecule has 0 aromatic carbocycles. The van der Waals surface area contributed by atoms with E-state index < -0.39 is 0 Å². The Morgan fingerprint density at radius 2 is 2.38 bits per heavy atom. The van der Waals surface area contributed by atoms with Gasteiger partial charge in [-0.2, -0.15) is 11.8 Å².